The van der Waals surface area contributed by atoms with E-state index >= 15 is 0 Å². The predicted molar refractivity (Wildman–Crippen MR) is 110 cm³/mol. The van der Waals surface area contributed by atoms with Crippen molar-refractivity contribution < 1.29 is 19.1 Å². The van der Waals surface area contributed by atoms with Crippen LogP contribution in [0, 0.1) is 10.8 Å². The summed E-state index contributed by atoms with van der Waals surface area (Å²) in [6, 6.07) is 0. The van der Waals surface area contributed by atoms with Crippen LogP contribution < -0.4 is 0 Å². The molecule has 0 amide bonds. The van der Waals surface area contributed by atoms with E-state index in [2.05, 4.69) is 95.6 Å². The number of halogens is 6. The third-order valence-corrected chi connectivity index (χ3v) is 10.0. The van der Waals surface area contributed by atoms with Crippen LogP contribution in [-0.4, -0.2) is 57.1 Å². The highest BCUT2D eigenvalue weighted by molar-refractivity contribution is 9.10. The Morgan fingerprint density at radius 1 is 0.591 bits per heavy atom. The molecule has 0 aliphatic carbocycles. The highest BCUT2D eigenvalue weighted by Gasteiger charge is 2.33. The van der Waals surface area contributed by atoms with Gasteiger partial charge in [0.05, 0.1) is 13.2 Å². The molecule has 0 bridgehead atoms. The summed E-state index contributed by atoms with van der Waals surface area (Å²) in [6.45, 7) is 0.228. The quantitative estimate of drug-likeness (QED) is 0.192. The summed E-state index contributed by atoms with van der Waals surface area (Å²) in [6.07, 6.45) is 0. The number of carbonyl (C=O) groups excluding carboxylic acids is 2. The van der Waals surface area contributed by atoms with E-state index in [9.17, 15) is 9.59 Å². The van der Waals surface area contributed by atoms with Crippen molar-refractivity contribution in [2.45, 2.75) is 0 Å². The lowest BCUT2D eigenvalue weighted by Gasteiger charge is -2.27. The maximum atomic E-state index is 11.7. The van der Waals surface area contributed by atoms with Gasteiger partial charge in [-0.15, -0.1) is 0 Å². The first-order valence-corrected chi connectivity index (χ1v) is 12.8. The topological polar surface area (TPSA) is 52.6 Å². The van der Waals surface area contributed by atoms with E-state index in [1.807, 2.05) is 0 Å². The molecule has 0 aliphatic heterocycles. The molecule has 0 saturated carbocycles. The lowest BCUT2D eigenvalue weighted by atomic mass is 9.98. The van der Waals surface area contributed by atoms with Crippen molar-refractivity contribution in [3.05, 3.63) is 0 Å². The molecule has 4 nitrogen and oxygen atoms in total. The second kappa shape index (κ2) is 12.2. The average Bonchev–Trinajstić information content (AvgIpc) is 2.57. The monoisotopic (exact) mass is 698 g/mol. The summed E-state index contributed by atoms with van der Waals surface area (Å²) in [5.74, 6) is -1.94. The fraction of sp³-hybridized carbons (Fsp3) is 0.833. The van der Waals surface area contributed by atoms with Crippen LogP contribution in [0.5, 0.6) is 0 Å². The van der Waals surface area contributed by atoms with E-state index in [1.165, 1.54) is 0 Å². The zero-order valence-corrected chi connectivity index (χ0v) is 21.1. The van der Waals surface area contributed by atoms with Crippen LogP contribution in [0.15, 0.2) is 0 Å². The Kier molecular flexibility index (Phi) is 13.2. The minimum Gasteiger partial charge on any atom is -0.457 e. The van der Waals surface area contributed by atoms with Crippen molar-refractivity contribution in [3.63, 3.8) is 0 Å². The van der Waals surface area contributed by atoms with Gasteiger partial charge >= 0.3 is 11.9 Å². The Labute approximate surface area is 181 Å². The lowest BCUT2D eigenvalue weighted by molar-refractivity contribution is -0.170. The van der Waals surface area contributed by atoms with Crippen molar-refractivity contribution in [3.8, 4) is 0 Å². The number of rotatable bonds is 10. The third-order valence-electron chi connectivity index (χ3n) is 2.89. The van der Waals surface area contributed by atoms with E-state index in [0.717, 1.165) is 0 Å². The summed E-state index contributed by atoms with van der Waals surface area (Å²) in [5.41, 5.74) is -0.609. The minimum atomic E-state index is -0.972. The number of carbonyl (C=O) groups is 2. The van der Waals surface area contributed by atoms with Crippen molar-refractivity contribution in [2.24, 2.45) is 10.8 Å². The molecule has 22 heavy (non-hydrogen) atoms. The van der Waals surface area contributed by atoms with Gasteiger partial charge in [-0.3, -0.25) is 0 Å². The van der Waals surface area contributed by atoms with Crippen molar-refractivity contribution in [1.29, 1.82) is 0 Å². The van der Waals surface area contributed by atoms with Gasteiger partial charge in [-0.05, 0) is 0 Å². The molecule has 0 unspecified atom stereocenters. The van der Waals surface area contributed by atoms with Gasteiger partial charge in [-0.25, -0.2) is 9.59 Å². The molecular weight excluding hydrogens is 688 g/mol. The molecule has 0 N–H and O–H groups in total. The third kappa shape index (κ3) is 7.37. The standard InChI is InChI=1S/C12H16Br6O4/c13-1-11(2-14,3-15)7-21-9(19)10(20)22-8-12(4-16,5-17)6-18/h1-8H2. The van der Waals surface area contributed by atoms with Crippen LogP contribution in [0.3, 0.4) is 0 Å². The fourth-order valence-corrected chi connectivity index (χ4v) is 7.54. The van der Waals surface area contributed by atoms with E-state index in [1.54, 1.807) is 0 Å². The maximum Gasteiger partial charge on any atom is 0.417 e. The fourth-order valence-electron chi connectivity index (χ4n) is 1.00. The Bertz CT molecular complexity index is 307. The van der Waals surface area contributed by atoms with Crippen molar-refractivity contribution in [2.75, 3.05) is 45.2 Å². The van der Waals surface area contributed by atoms with Gasteiger partial charge in [0.15, 0.2) is 0 Å². The summed E-state index contributed by atoms with van der Waals surface area (Å²) in [4.78, 5) is 23.5. The van der Waals surface area contributed by atoms with Gasteiger partial charge < -0.3 is 9.47 Å². The first-order valence-electron chi connectivity index (χ1n) is 6.08. The Balaban J connectivity index is 4.48. The van der Waals surface area contributed by atoms with Crippen LogP contribution in [0.1, 0.15) is 0 Å². The van der Waals surface area contributed by atoms with E-state index in [0.29, 0.717) is 32.0 Å². The Hall–Kier alpha value is 1.82. The number of hydrogen-bond acceptors (Lipinski definition) is 4. The van der Waals surface area contributed by atoms with E-state index in [-0.39, 0.29) is 24.0 Å². The summed E-state index contributed by atoms with van der Waals surface area (Å²) in [7, 11) is 0. The van der Waals surface area contributed by atoms with Crippen LogP contribution >= 0.6 is 95.6 Å². The normalized spacial score (nSPS) is 12.1. The van der Waals surface area contributed by atoms with Crippen LogP contribution in [0.25, 0.3) is 0 Å². The van der Waals surface area contributed by atoms with E-state index in [4.69, 9.17) is 9.47 Å². The largest absolute Gasteiger partial charge is 0.457 e. The van der Waals surface area contributed by atoms with Gasteiger partial charge in [0.1, 0.15) is 0 Å². The molecule has 0 spiro atoms. The zero-order chi connectivity index (χ0) is 17.2. The van der Waals surface area contributed by atoms with Gasteiger partial charge in [-0.2, -0.15) is 0 Å². The second-order valence-corrected chi connectivity index (χ2v) is 8.32. The molecular formula is C12H16Br6O4. The molecule has 0 heterocycles. The highest BCUT2D eigenvalue weighted by atomic mass is 79.9. The molecule has 0 saturated heterocycles. The number of esters is 2. The smallest absolute Gasteiger partial charge is 0.417 e. The second-order valence-electron chi connectivity index (χ2n) is 4.95. The summed E-state index contributed by atoms with van der Waals surface area (Å²) >= 11 is 20.3. The minimum absolute atomic E-state index is 0.114. The van der Waals surface area contributed by atoms with Gasteiger partial charge in [-0.1, -0.05) is 95.6 Å². The zero-order valence-electron chi connectivity index (χ0n) is 11.6. The number of hydrogen-bond donors (Lipinski definition) is 0. The van der Waals surface area contributed by atoms with Crippen LogP contribution in [-0.2, 0) is 19.1 Å². The van der Waals surface area contributed by atoms with Crippen molar-refractivity contribution in [1.82, 2.24) is 0 Å². The molecule has 0 fully saturated rings. The molecule has 0 aromatic carbocycles. The maximum absolute atomic E-state index is 11.7. The molecule has 0 atom stereocenters. The first kappa shape index (κ1) is 23.8. The van der Waals surface area contributed by atoms with Crippen LogP contribution in [0.4, 0.5) is 0 Å². The van der Waals surface area contributed by atoms with Crippen molar-refractivity contribution >= 4 is 108 Å². The average molecular weight is 704 g/mol. The van der Waals surface area contributed by atoms with Gasteiger partial charge in [0.2, 0.25) is 0 Å². The molecule has 0 rings (SSSR count). The highest BCUT2D eigenvalue weighted by Crippen LogP contribution is 2.27. The van der Waals surface area contributed by atoms with E-state index < -0.39 is 11.9 Å². The lowest BCUT2D eigenvalue weighted by Crippen LogP contribution is -2.37. The summed E-state index contributed by atoms with van der Waals surface area (Å²) < 4.78 is 10.1. The molecule has 0 aliphatic rings. The SMILES string of the molecule is O=C(OCC(CBr)(CBr)CBr)C(=O)OCC(CBr)(CBr)CBr. The molecule has 130 valence electrons. The molecule has 10 heteroatoms. The number of ether oxygens (including phenoxy) is 2. The van der Waals surface area contributed by atoms with Gasteiger partial charge in [0.25, 0.3) is 0 Å². The predicted octanol–water partition coefficient (Wildman–Crippen LogP) is 4.42. The first-order chi connectivity index (χ1) is 10.4. The number of alkyl halides is 6. The Morgan fingerprint density at radius 3 is 1.00 bits per heavy atom. The van der Waals surface area contributed by atoms with Crippen LogP contribution in [0.2, 0.25) is 0 Å². The summed E-state index contributed by atoms with van der Waals surface area (Å²) in [5, 5.41) is 3.74. The van der Waals surface area contributed by atoms with Gasteiger partial charge in [0, 0.05) is 42.8 Å². The molecule has 0 aromatic rings. The molecule has 0 radical (unpaired) electrons. The molecule has 0 aromatic heterocycles. The Morgan fingerprint density at radius 2 is 0.818 bits per heavy atom.